The molecule has 4 aromatic rings. The molecule has 36 heavy (non-hydrogen) atoms. The zero-order valence-corrected chi connectivity index (χ0v) is 19.7. The van der Waals surface area contributed by atoms with Crippen LogP contribution >= 0.6 is 0 Å². The maximum Gasteiger partial charge on any atom is 0.303 e. The van der Waals surface area contributed by atoms with E-state index in [9.17, 15) is 4.79 Å². The average molecular weight is 486 g/mol. The van der Waals surface area contributed by atoms with Crippen LogP contribution < -0.4 is 4.74 Å². The first-order chi connectivity index (χ1) is 17.7. The predicted octanol–water partition coefficient (Wildman–Crippen LogP) is 5.88. The zero-order chi connectivity index (χ0) is 25.0. The summed E-state index contributed by atoms with van der Waals surface area (Å²) in [5, 5.41) is 17.2. The summed E-state index contributed by atoms with van der Waals surface area (Å²) in [7, 11) is 0. The summed E-state index contributed by atoms with van der Waals surface area (Å²) < 4.78 is 11.1. The van der Waals surface area contributed by atoms with Gasteiger partial charge in [0.1, 0.15) is 12.4 Å². The molecule has 3 aromatic carbocycles. The molecule has 8 nitrogen and oxygen atoms in total. The smallest absolute Gasteiger partial charge is 0.303 e. The number of aliphatic carboxylic acids is 1. The summed E-state index contributed by atoms with van der Waals surface area (Å²) >= 11 is 0. The Morgan fingerprint density at radius 3 is 2.28 bits per heavy atom. The van der Waals surface area contributed by atoms with Crippen LogP contribution in [0.5, 0.6) is 5.75 Å². The van der Waals surface area contributed by atoms with Crippen LogP contribution in [0.1, 0.15) is 42.6 Å². The Morgan fingerprint density at radius 2 is 1.56 bits per heavy atom. The first kappa shape index (κ1) is 24.7. The number of carbonyl (C=O) groups is 1. The van der Waals surface area contributed by atoms with E-state index in [1.54, 1.807) is 0 Å². The molecule has 1 aromatic heterocycles. The number of hydrogen-bond acceptors (Lipinski definition) is 7. The molecule has 0 fully saturated rings. The highest BCUT2D eigenvalue weighted by molar-refractivity contribution is 6.00. The molecule has 0 unspecified atom stereocenters. The molecular formula is C28H27N3O5. The lowest BCUT2D eigenvalue weighted by Crippen LogP contribution is -2.03. The van der Waals surface area contributed by atoms with Crippen molar-refractivity contribution in [2.75, 3.05) is 0 Å². The molecule has 4 rings (SSSR count). The second-order valence-corrected chi connectivity index (χ2v) is 8.09. The zero-order valence-electron chi connectivity index (χ0n) is 19.7. The van der Waals surface area contributed by atoms with Gasteiger partial charge < -0.3 is 19.2 Å². The van der Waals surface area contributed by atoms with Crippen molar-refractivity contribution in [2.45, 2.75) is 38.9 Å². The molecule has 0 bridgehead atoms. The summed E-state index contributed by atoms with van der Waals surface area (Å²) in [5.74, 6) is 0.814. The summed E-state index contributed by atoms with van der Waals surface area (Å²) in [6, 6.07) is 26.9. The molecular weight excluding hydrogens is 458 g/mol. The van der Waals surface area contributed by atoms with Gasteiger partial charge in [0, 0.05) is 12.0 Å². The van der Waals surface area contributed by atoms with Crippen molar-refractivity contribution < 1.29 is 24.0 Å². The molecule has 0 aliphatic heterocycles. The van der Waals surface area contributed by atoms with Gasteiger partial charge >= 0.3 is 5.97 Å². The maximum atomic E-state index is 10.8. The van der Waals surface area contributed by atoms with E-state index in [0.29, 0.717) is 36.9 Å². The van der Waals surface area contributed by atoms with Crippen LogP contribution in [-0.2, 0) is 22.8 Å². The lowest BCUT2D eigenvalue weighted by molar-refractivity contribution is -0.137. The van der Waals surface area contributed by atoms with E-state index in [1.165, 1.54) is 0 Å². The third-order valence-corrected chi connectivity index (χ3v) is 5.35. The van der Waals surface area contributed by atoms with Gasteiger partial charge in [0.15, 0.2) is 6.61 Å². The number of unbranched alkanes of at least 4 members (excludes halogenated alkanes) is 1. The first-order valence-corrected chi connectivity index (χ1v) is 11.7. The third-order valence-electron chi connectivity index (χ3n) is 5.35. The van der Waals surface area contributed by atoms with E-state index in [1.807, 2.05) is 84.9 Å². The van der Waals surface area contributed by atoms with E-state index in [2.05, 4.69) is 15.3 Å². The molecule has 0 amide bonds. The van der Waals surface area contributed by atoms with Gasteiger partial charge in [-0.3, -0.25) is 4.79 Å². The molecule has 0 saturated carbocycles. The Hall–Kier alpha value is -4.46. The number of ether oxygens (including phenoxy) is 1. The third kappa shape index (κ3) is 7.53. The first-order valence-electron chi connectivity index (χ1n) is 11.7. The Balaban J connectivity index is 1.28. The second kappa shape index (κ2) is 12.9. The number of oxime groups is 1. The molecule has 0 aliphatic carbocycles. The van der Waals surface area contributed by atoms with E-state index >= 15 is 0 Å². The van der Waals surface area contributed by atoms with Crippen molar-refractivity contribution in [1.29, 1.82) is 0 Å². The molecule has 0 aliphatic rings. The largest absolute Gasteiger partial charge is 0.485 e. The predicted molar refractivity (Wildman–Crippen MR) is 134 cm³/mol. The number of carboxylic acids is 1. The van der Waals surface area contributed by atoms with Crippen LogP contribution in [0.4, 0.5) is 0 Å². The number of benzene rings is 3. The lowest BCUT2D eigenvalue weighted by atomic mass is 10.0. The van der Waals surface area contributed by atoms with Crippen molar-refractivity contribution in [3.8, 4) is 17.2 Å². The number of nitrogens with zero attached hydrogens (tertiary/aromatic N) is 3. The topological polar surface area (TPSA) is 107 Å². The molecule has 1 N–H and O–H groups in total. The van der Waals surface area contributed by atoms with Gasteiger partial charge in [-0.2, -0.15) is 4.98 Å². The fourth-order valence-electron chi connectivity index (χ4n) is 3.47. The number of hydrogen-bond donors (Lipinski definition) is 1. The molecule has 0 atom stereocenters. The van der Waals surface area contributed by atoms with Crippen molar-refractivity contribution >= 4 is 11.7 Å². The van der Waals surface area contributed by atoms with E-state index in [-0.39, 0.29) is 13.0 Å². The Bertz CT molecular complexity index is 1260. The van der Waals surface area contributed by atoms with Crippen LogP contribution in [0.15, 0.2) is 94.6 Å². The summed E-state index contributed by atoms with van der Waals surface area (Å²) in [6.45, 7) is 0.496. The van der Waals surface area contributed by atoms with Crippen LogP contribution in [0.3, 0.4) is 0 Å². The van der Waals surface area contributed by atoms with Gasteiger partial charge in [-0.1, -0.05) is 71.0 Å². The fraction of sp³-hybridized carbons (Fsp3) is 0.214. The van der Waals surface area contributed by atoms with Crippen LogP contribution in [0.25, 0.3) is 11.5 Å². The van der Waals surface area contributed by atoms with Gasteiger partial charge in [-0.25, -0.2) is 0 Å². The summed E-state index contributed by atoms with van der Waals surface area (Å²) in [6.07, 6.45) is 2.12. The molecule has 1 heterocycles. The highest BCUT2D eigenvalue weighted by atomic mass is 16.6. The van der Waals surface area contributed by atoms with Crippen LogP contribution in [0.2, 0.25) is 0 Å². The molecule has 0 saturated heterocycles. The van der Waals surface area contributed by atoms with Gasteiger partial charge in [-0.05, 0) is 54.7 Å². The van der Waals surface area contributed by atoms with Gasteiger partial charge in [0.25, 0.3) is 5.89 Å². The van der Waals surface area contributed by atoms with Crippen molar-refractivity contribution in [2.24, 2.45) is 5.16 Å². The van der Waals surface area contributed by atoms with Crippen molar-refractivity contribution in [1.82, 2.24) is 10.1 Å². The monoisotopic (exact) mass is 485 g/mol. The summed E-state index contributed by atoms with van der Waals surface area (Å²) in [4.78, 5) is 20.8. The van der Waals surface area contributed by atoms with Crippen molar-refractivity contribution in [3.05, 3.63) is 102 Å². The normalized spacial score (nSPS) is 11.3. The Labute approximate surface area is 209 Å². The maximum absolute atomic E-state index is 10.8. The Kier molecular flexibility index (Phi) is 8.80. The van der Waals surface area contributed by atoms with E-state index < -0.39 is 5.97 Å². The highest BCUT2D eigenvalue weighted by Crippen LogP contribution is 2.18. The van der Waals surface area contributed by atoms with E-state index in [4.69, 9.17) is 19.2 Å². The minimum atomic E-state index is -0.786. The Morgan fingerprint density at radius 1 is 0.861 bits per heavy atom. The van der Waals surface area contributed by atoms with Crippen molar-refractivity contribution in [3.63, 3.8) is 0 Å². The summed E-state index contributed by atoms with van der Waals surface area (Å²) in [5.41, 5.74) is 3.57. The highest BCUT2D eigenvalue weighted by Gasteiger charge is 2.09. The van der Waals surface area contributed by atoms with Gasteiger partial charge in [-0.15, -0.1) is 0 Å². The second-order valence-electron chi connectivity index (χ2n) is 8.09. The fourth-order valence-corrected chi connectivity index (χ4v) is 3.47. The van der Waals surface area contributed by atoms with Gasteiger partial charge in [0.2, 0.25) is 5.82 Å². The van der Waals surface area contributed by atoms with Crippen LogP contribution in [0, 0.1) is 0 Å². The minimum Gasteiger partial charge on any atom is -0.485 e. The molecule has 0 spiro atoms. The lowest BCUT2D eigenvalue weighted by Gasteiger charge is -2.08. The number of aromatic nitrogens is 2. The number of carboxylic acid groups (broad SMARTS) is 1. The van der Waals surface area contributed by atoms with E-state index in [0.717, 1.165) is 28.8 Å². The minimum absolute atomic E-state index is 0.151. The average Bonchev–Trinajstić information content (AvgIpc) is 3.40. The van der Waals surface area contributed by atoms with Gasteiger partial charge in [0.05, 0.1) is 5.71 Å². The molecule has 184 valence electrons. The van der Waals surface area contributed by atoms with Crippen LogP contribution in [-0.4, -0.2) is 26.9 Å². The quantitative estimate of drug-likeness (QED) is 0.143. The molecule has 0 radical (unpaired) electrons. The molecule has 8 heteroatoms. The number of rotatable bonds is 13. The SMILES string of the molecule is O=C(O)CCCCC(=NOCc1ccc(OCc2noc(-c3ccccc3)n2)cc1)c1ccccc1. The standard InChI is InChI=1S/C28H27N3O5/c32-27(33)14-8-7-13-25(22-9-3-1-4-10-22)30-35-19-21-15-17-24(18-16-21)34-20-26-29-28(36-31-26)23-11-5-2-6-12-23/h1-6,9-12,15-18H,7-8,13-14,19-20H2,(H,32,33).